The zero-order chi connectivity index (χ0) is 20.5. The Morgan fingerprint density at radius 1 is 1.14 bits per heavy atom. The van der Waals surface area contributed by atoms with Crippen LogP contribution in [0.25, 0.3) is 27.4 Å². The first kappa shape index (κ1) is 18.1. The fourth-order valence-corrected chi connectivity index (χ4v) is 3.07. The third kappa shape index (κ3) is 3.14. The van der Waals surface area contributed by atoms with Crippen molar-refractivity contribution in [3.05, 3.63) is 81.3 Å². The van der Waals surface area contributed by atoms with Crippen molar-refractivity contribution >= 4 is 28.1 Å². The van der Waals surface area contributed by atoms with Crippen molar-refractivity contribution in [1.82, 2.24) is 9.61 Å². The molecular weight excluding hydrogens is 378 g/mol. The fraction of sp³-hybridized carbons (Fsp3) is 0.0500. The third-order valence-corrected chi connectivity index (χ3v) is 4.40. The maximum Gasteiger partial charge on any atom is 0.513 e. The molecule has 0 saturated carbocycles. The number of ether oxygens (including phenoxy) is 2. The van der Waals surface area contributed by atoms with E-state index >= 15 is 0 Å². The molecule has 9 heteroatoms. The molecule has 0 bridgehead atoms. The SMILES string of the molecule is COC(=O)Oc1cc(-c2ccccc2)c(=O)n2ncc3ccc([N+](=O)[O-])cc3c12. The highest BCUT2D eigenvalue weighted by Crippen LogP contribution is 2.32. The molecule has 0 aliphatic heterocycles. The first-order valence-corrected chi connectivity index (χ1v) is 8.44. The van der Waals surface area contributed by atoms with Gasteiger partial charge in [0.25, 0.3) is 11.2 Å². The summed E-state index contributed by atoms with van der Waals surface area (Å²) in [6.07, 6.45) is 0.427. The van der Waals surface area contributed by atoms with E-state index in [1.807, 2.05) is 0 Å². The molecule has 4 aromatic rings. The van der Waals surface area contributed by atoms with Gasteiger partial charge in [-0.3, -0.25) is 14.9 Å². The van der Waals surface area contributed by atoms with Gasteiger partial charge in [0.05, 0.1) is 23.8 Å². The smallest absolute Gasteiger partial charge is 0.437 e. The van der Waals surface area contributed by atoms with Gasteiger partial charge in [-0.2, -0.15) is 9.61 Å². The molecule has 29 heavy (non-hydrogen) atoms. The Hall–Kier alpha value is -4.27. The lowest BCUT2D eigenvalue weighted by atomic mass is 10.1. The number of fused-ring (bicyclic) bond motifs is 3. The maximum atomic E-state index is 13.1. The Kier molecular flexibility index (Phi) is 4.40. The van der Waals surface area contributed by atoms with Gasteiger partial charge in [0.1, 0.15) is 5.52 Å². The van der Waals surface area contributed by atoms with E-state index in [0.717, 1.165) is 11.6 Å². The Morgan fingerprint density at radius 3 is 2.59 bits per heavy atom. The Bertz CT molecular complexity index is 1330. The fourth-order valence-electron chi connectivity index (χ4n) is 3.07. The van der Waals surface area contributed by atoms with Crippen LogP contribution in [0, 0.1) is 10.1 Å². The average Bonchev–Trinajstić information content (AvgIpc) is 2.75. The lowest BCUT2D eigenvalue weighted by Gasteiger charge is -2.12. The van der Waals surface area contributed by atoms with Crippen molar-refractivity contribution in [3.8, 4) is 16.9 Å². The molecule has 2 aromatic carbocycles. The van der Waals surface area contributed by atoms with Gasteiger partial charge < -0.3 is 9.47 Å². The van der Waals surface area contributed by atoms with Gasteiger partial charge in [-0.05, 0) is 17.7 Å². The van der Waals surface area contributed by atoms with Gasteiger partial charge in [-0.15, -0.1) is 0 Å². The number of methoxy groups -OCH3 is 1. The third-order valence-electron chi connectivity index (χ3n) is 4.40. The minimum absolute atomic E-state index is 0.00565. The van der Waals surface area contributed by atoms with E-state index in [4.69, 9.17) is 4.74 Å². The molecule has 0 saturated heterocycles. The van der Waals surface area contributed by atoms with Crippen LogP contribution >= 0.6 is 0 Å². The number of nitro groups is 1. The number of rotatable bonds is 3. The monoisotopic (exact) mass is 391 g/mol. The van der Waals surface area contributed by atoms with Crippen molar-refractivity contribution in [1.29, 1.82) is 0 Å². The number of hydrogen-bond donors (Lipinski definition) is 0. The first-order valence-electron chi connectivity index (χ1n) is 8.44. The highest BCUT2D eigenvalue weighted by Gasteiger charge is 2.19. The zero-order valence-corrected chi connectivity index (χ0v) is 15.1. The molecule has 2 heterocycles. The summed E-state index contributed by atoms with van der Waals surface area (Å²) in [4.78, 5) is 35.6. The molecule has 0 aliphatic carbocycles. The molecule has 0 spiro atoms. The van der Waals surface area contributed by atoms with Gasteiger partial charge in [-0.25, -0.2) is 4.79 Å². The lowest BCUT2D eigenvalue weighted by Crippen LogP contribution is -2.20. The maximum absolute atomic E-state index is 13.1. The molecule has 0 amide bonds. The molecule has 0 N–H and O–H groups in total. The topological polar surface area (TPSA) is 113 Å². The summed E-state index contributed by atoms with van der Waals surface area (Å²) in [6, 6.07) is 14.4. The van der Waals surface area contributed by atoms with Crippen molar-refractivity contribution in [3.63, 3.8) is 0 Å². The number of aromatic nitrogens is 2. The van der Waals surface area contributed by atoms with E-state index in [-0.39, 0.29) is 22.5 Å². The van der Waals surface area contributed by atoms with Gasteiger partial charge in [-0.1, -0.05) is 30.3 Å². The summed E-state index contributed by atoms with van der Waals surface area (Å²) in [5.41, 5.74) is 0.342. The highest BCUT2D eigenvalue weighted by molar-refractivity contribution is 6.00. The van der Waals surface area contributed by atoms with E-state index in [2.05, 4.69) is 9.84 Å². The van der Waals surface area contributed by atoms with E-state index < -0.39 is 16.6 Å². The van der Waals surface area contributed by atoms with Crippen LogP contribution in [0.1, 0.15) is 0 Å². The summed E-state index contributed by atoms with van der Waals surface area (Å²) >= 11 is 0. The van der Waals surface area contributed by atoms with Crippen LogP contribution in [-0.4, -0.2) is 27.8 Å². The van der Waals surface area contributed by atoms with Gasteiger partial charge in [0, 0.05) is 22.9 Å². The average molecular weight is 391 g/mol. The Labute approximate surface area is 162 Å². The lowest BCUT2D eigenvalue weighted by molar-refractivity contribution is -0.384. The second-order valence-corrected chi connectivity index (χ2v) is 6.08. The Morgan fingerprint density at radius 2 is 1.90 bits per heavy atom. The molecule has 2 aromatic heterocycles. The summed E-state index contributed by atoms with van der Waals surface area (Å²) < 4.78 is 10.9. The molecule has 9 nitrogen and oxygen atoms in total. The minimum Gasteiger partial charge on any atom is -0.437 e. The number of carbonyl (C=O) groups is 1. The van der Waals surface area contributed by atoms with Gasteiger partial charge in [0.15, 0.2) is 5.75 Å². The van der Waals surface area contributed by atoms with Gasteiger partial charge in [0.2, 0.25) is 0 Å². The van der Waals surface area contributed by atoms with E-state index in [0.29, 0.717) is 16.3 Å². The van der Waals surface area contributed by atoms with Crippen molar-refractivity contribution in [2.24, 2.45) is 0 Å². The molecule has 0 unspecified atom stereocenters. The van der Waals surface area contributed by atoms with Crippen molar-refractivity contribution in [2.75, 3.05) is 7.11 Å². The molecule has 0 fully saturated rings. The second kappa shape index (κ2) is 7.04. The number of nitro benzene ring substituents is 1. The van der Waals surface area contributed by atoms with Crippen LogP contribution in [0.3, 0.4) is 0 Å². The minimum atomic E-state index is -0.994. The van der Waals surface area contributed by atoms with Crippen LogP contribution in [0.4, 0.5) is 10.5 Å². The number of pyridine rings is 1. The number of nitrogens with zero attached hydrogens (tertiary/aromatic N) is 3. The highest BCUT2D eigenvalue weighted by atomic mass is 16.7. The van der Waals surface area contributed by atoms with Crippen LogP contribution in [0.2, 0.25) is 0 Å². The van der Waals surface area contributed by atoms with Gasteiger partial charge >= 0.3 is 6.16 Å². The zero-order valence-electron chi connectivity index (χ0n) is 15.1. The van der Waals surface area contributed by atoms with E-state index in [1.54, 1.807) is 30.3 Å². The number of carbonyl (C=O) groups excluding carboxylic acids is 1. The van der Waals surface area contributed by atoms with Crippen LogP contribution in [0.5, 0.6) is 5.75 Å². The van der Waals surface area contributed by atoms with Crippen molar-refractivity contribution in [2.45, 2.75) is 0 Å². The normalized spacial score (nSPS) is 10.8. The number of benzene rings is 2. The Balaban J connectivity index is 2.13. The largest absolute Gasteiger partial charge is 0.513 e. The quantitative estimate of drug-likeness (QED) is 0.227. The standard InChI is InChI=1S/C20H13N3O6/c1-28-20(25)29-17-10-16(12-5-3-2-4-6-12)19(24)22-18(17)15-9-14(23(26)27)8-7-13(15)11-21-22/h2-11H,1H3. The number of non-ortho nitro benzene ring substituents is 1. The van der Waals surface area contributed by atoms with E-state index in [1.165, 1.54) is 30.5 Å². The summed E-state index contributed by atoms with van der Waals surface area (Å²) in [5.74, 6) is -0.00565. The van der Waals surface area contributed by atoms with Crippen LogP contribution in [0.15, 0.2) is 65.6 Å². The second-order valence-electron chi connectivity index (χ2n) is 6.08. The number of hydrogen-bond acceptors (Lipinski definition) is 7. The molecule has 0 radical (unpaired) electrons. The van der Waals surface area contributed by atoms with Crippen LogP contribution < -0.4 is 10.3 Å². The summed E-state index contributed by atoms with van der Waals surface area (Å²) in [5, 5.41) is 16.3. The molecule has 4 rings (SSSR count). The predicted octanol–water partition coefficient (Wildman–Crippen LogP) is 3.57. The van der Waals surface area contributed by atoms with E-state index in [9.17, 15) is 19.7 Å². The predicted molar refractivity (Wildman–Crippen MR) is 104 cm³/mol. The van der Waals surface area contributed by atoms with Crippen molar-refractivity contribution < 1.29 is 19.2 Å². The molecular formula is C20H13N3O6. The first-order chi connectivity index (χ1) is 14.0. The molecule has 0 aliphatic rings. The molecule has 0 atom stereocenters. The summed E-state index contributed by atoms with van der Waals surface area (Å²) in [7, 11) is 1.15. The summed E-state index contributed by atoms with van der Waals surface area (Å²) in [6.45, 7) is 0. The van der Waals surface area contributed by atoms with Crippen LogP contribution in [-0.2, 0) is 4.74 Å². The molecule has 144 valence electrons.